The molecule has 2 aromatic heterocycles. The fraction of sp³-hybridized carbons (Fsp3) is 0.136. The number of halogens is 6. The second kappa shape index (κ2) is 9.16. The molecule has 4 aromatic rings. The fourth-order valence-corrected chi connectivity index (χ4v) is 3.36. The van der Waals surface area contributed by atoms with Gasteiger partial charge in [-0.2, -0.15) is 31.6 Å². The van der Waals surface area contributed by atoms with Gasteiger partial charge in [0, 0.05) is 17.3 Å². The molecular weight excluding hydrogens is 478 g/mol. The fourth-order valence-electron chi connectivity index (χ4n) is 3.36. The minimum absolute atomic E-state index is 0.0719. The molecule has 7 nitrogen and oxygen atoms in total. The number of aromatic amines is 1. The highest BCUT2D eigenvalue weighted by molar-refractivity contribution is 5.94. The molecule has 0 aliphatic rings. The van der Waals surface area contributed by atoms with E-state index < -0.39 is 41.6 Å². The molecule has 0 unspecified atom stereocenters. The van der Waals surface area contributed by atoms with Gasteiger partial charge in [0.2, 0.25) is 5.82 Å². The van der Waals surface area contributed by atoms with Gasteiger partial charge in [0.1, 0.15) is 0 Å². The van der Waals surface area contributed by atoms with Gasteiger partial charge >= 0.3 is 12.4 Å². The summed E-state index contributed by atoms with van der Waals surface area (Å²) in [6.07, 6.45) is -8.40. The number of pyridine rings is 1. The number of alkyl halides is 6. The van der Waals surface area contributed by atoms with Crippen molar-refractivity contribution in [1.29, 1.82) is 0 Å². The summed E-state index contributed by atoms with van der Waals surface area (Å²) in [4.78, 5) is 16.2. The molecule has 0 atom stereocenters. The van der Waals surface area contributed by atoms with Gasteiger partial charge in [-0.05, 0) is 46.7 Å². The highest BCUT2D eigenvalue weighted by Crippen LogP contribution is 2.39. The lowest BCUT2D eigenvalue weighted by Crippen LogP contribution is -2.25. The number of nitrogens with one attached hydrogen (secondary N) is 2. The summed E-state index contributed by atoms with van der Waals surface area (Å²) in [5, 5.41) is 15.7. The highest BCUT2D eigenvalue weighted by atomic mass is 19.4. The Labute approximate surface area is 193 Å². The van der Waals surface area contributed by atoms with Crippen LogP contribution in [0.1, 0.15) is 27.2 Å². The van der Waals surface area contributed by atoms with Crippen LogP contribution in [0.25, 0.3) is 22.5 Å². The van der Waals surface area contributed by atoms with Crippen molar-refractivity contribution in [1.82, 2.24) is 30.9 Å². The molecule has 35 heavy (non-hydrogen) atoms. The average molecular weight is 492 g/mol. The molecule has 0 aliphatic carbocycles. The molecule has 1 amide bonds. The molecule has 0 radical (unpaired) electrons. The number of benzene rings is 2. The number of carbonyl (C=O) groups is 1. The summed E-state index contributed by atoms with van der Waals surface area (Å²) < 4.78 is 80.3. The molecule has 0 spiro atoms. The third-order valence-electron chi connectivity index (χ3n) is 5.00. The maximum atomic E-state index is 13.9. The zero-order valence-electron chi connectivity index (χ0n) is 17.4. The van der Waals surface area contributed by atoms with Gasteiger partial charge < -0.3 is 5.32 Å². The summed E-state index contributed by atoms with van der Waals surface area (Å²) in [6.45, 7) is -0.561. The molecule has 0 bridgehead atoms. The van der Waals surface area contributed by atoms with E-state index in [2.05, 4.69) is 30.9 Å². The quantitative estimate of drug-likeness (QED) is 0.387. The summed E-state index contributed by atoms with van der Waals surface area (Å²) in [7, 11) is 0. The predicted octanol–water partition coefficient (Wildman–Crippen LogP) is 4.90. The molecule has 2 N–H and O–H groups in total. The Morgan fingerprint density at radius 1 is 0.857 bits per heavy atom. The Balaban J connectivity index is 1.57. The van der Waals surface area contributed by atoms with Crippen molar-refractivity contribution in [2.45, 2.75) is 18.9 Å². The van der Waals surface area contributed by atoms with E-state index in [4.69, 9.17) is 0 Å². The van der Waals surface area contributed by atoms with E-state index in [0.29, 0.717) is 23.5 Å². The summed E-state index contributed by atoms with van der Waals surface area (Å²) in [5.41, 5.74) is -2.29. The third-order valence-corrected chi connectivity index (χ3v) is 5.00. The van der Waals surface area contributed by atoms with Crippen molar-refractivity contribution in [2.24, 2.45) is 0 Å². The van der Waals surface area contributed by atoms with Crippen LogP contribution in [-0.4, -0.2) is 31.5 Å². The normalized spacial score (nSPS) is 11.9. The molecule has 2 heterocycles. The van der Waals surface area contributed by atoms with E-state index in [1.807, 2.05) is 0 Å². The van der Waals surface area contributed by atoms with Crippen LogP contribution in [0, 0.1) is 0 Å². The second-order valence-corrected chi connectivity index (χ2v) is 7.25. The molecule has 180 valence electrons. The van der Waals surface area contributed by atoms with Gasteiger partial charge in [0.15, 0.2) is 0 Å². The molecule has 13 heteroatoms. The van der Waals surface area contributed by atoms with E-state index in [1.165, 1.54) is 12.1 Å². The number of rotatable bonds is 5. The van der Waals surface area contributed by atoms with Crippen molar-refractivity contribution >= 4 is 5.91 Å². The van der Waals surface area contributed by atoms with Gasteiger partial charge in [0.25, 0.3) is 5.91 Å². The molecule has 4 rings (SSSR count). The Kier molecular flexibility index (Phi) is 6.24. The first kappa shape index (κ1) is 23.9. The van der Waals surface area contributed by atoms with Crippen molar-refractivity contribution in [3.8, 4) is 22.5 Å². The zero-order chi connectivity index (χ0) is 25.2. The highest BCUT2D eigenvalue weighted by Gasteiger charge is 2.37. The Hall–Kier alpha value is -4.29. The van der Waals surface area contributed by atoms with E-state index in [0.717, 1.165) is 24.4 Å². The monoisotopic (exact) mass is 492 g/mol. The molecular formula is C22H14F6N6O. The molecule has 0 saturated carbocycles. The number of amides is 1. The second-order valence-electron chi connectivity index (χ2n) is 7.25. The lowest BCUT2D eigenvalue weighted by atomic mass is 9.97. The van der Waals surface area contributed by atoms with Crippen molar-refractivity contribution < 1.29 is 31.1 Å². The standard InChI is InChI=1S/C22H14F6N6O/c23-21(24,25)15-7-5-12(6-8-15)16-9-10-29-17(18(16)22(26,27)28)11-30-20(35)14-3-1-13(2-4-14)19-31-33-34-32-19/h1-10H,11H2,(H,30,35)(H,31,32,33,34). The Morgan fingerprint density at radius 3 is 2.09 bits per heavy atom. The third kappa shape index (κ3) is 5.28. The maximum absolute atomic E-state index is 13.9. The number of aromatic nitrogens is 5. The van der Waals surface area contributed by atoms with Crippen LogP contribution in [0.4, 0.5) is 26.3 Å². The van der Waals surface area contributed by atoms with Crippen LogP contribution in [0.15, 0.2) is 60.8 Å². The molecule has 0 fully saturated rings. The van der Waals surface area contributed by atoms with Crippen LogP contribution < -0.4 is 5.32 Å². The van der Waals surface area contributed by atoms with Crippen LogP contribution in [0.2, 0.25) is 0 Å². The SMILES string of the molecule is O=C(NCc1nccc(-c2ccc(C(F)(F)F)cc2)c1C(F)(F)F)c1ccc(-c2nn[nH]n2)cc1. The maximum Gasteiger partial charge on any atom is 0.418 e. The number of hydrogen-bond acceptors (Lipinski definition) is 5. The molecule has 0 aliphatic heterocycles. The van der Waals surface area contributed by atoms with E-state index in [-0.39, 0.29) is 16.7 Å². The zero-order valence-corrected chi connectivity index (χ0v) is 17.4. The number of carbonyl (C=O) groups excluding carboxylic acids is 1. The largest absolute Gasteiger partial charge is 0.418 e. The smallest absolute Gasteiger partial charge is 0.346 e. The minimum atomic E-state index is -4.88. The van der Waals surface area contributed by atoms with Crippen molar-refractivity contribution in [3.05, 3.63) is 83.2 Å². The van der Waals surface area contributed by atoms with E-state index in [9.17, 15) is 31.1 Å². The van der Waals surface area contributed by atoms with Crippen LogP contribution in [0.3, 0.4) is 0 Å². The van der Waals surface area contributed by atoms with Gasteiger partial charge in [-0.15, -0.1) is 10.2 Å². The molecule has 2 aromatic carbocycles. The Bertz CT molecular complexity index is 1320. The summed E-state index contributed by atoms with van der Waals surface area (Å²) in [5.74, 6) is -0.351. The van der Waals surface area contributed by atoms with Gasteiger partial charge in [-0.25, -0.2) is 0 Å². The van der Waals surface area contributed by atoms with E-state index in [1.54, 1.807) is 12.1 Å². The minimum Gasteiger partial charge on any atom is -0.346 e. The first-order valence-corrected chi connectivity index (χ1v) is 9.89. The van der Waals surface area contributed by atoms with Gasteiger partial charge in [0.05, 0.1) is 23.4 Å². The molecule has 0 saturated heterocycles. The first-order chi connectivity index (χ1) is 16.5. The number of tetrazole rings is 1. The van der Waals surface area contributed by atoms with Gasteiger partial charge in [-0.1, -0.05) is 24.3 Å². The average Bonchev–Trinajstić information content (AvgIpc) is 3.36. The lowest BCUT2D eigenvalue weighted by molar-refractivity contribution is -0.138. The lowest BCUT2D eigenvalue weighted by Gasteiger charge is -2.17. The van der Waals surface area contributed by atoms with Crippen LogP contribution in [-0.2, 0) is 18.9 Å². The summed E-state index contributed by atoms with van der Waals surface area (Å²) in [6, 6.07) is 10.4. The Morgan fingerprint density at radius 2 is 1.51 bits per heavy atom. The van der Waals surface area contributed by atoms with E-state index >= 15 is 0 Å². The van der Waals surface area contributed by atoms with Crippen molar-refractivity contribution in [2.75, 3.05) is 0 Å². The topological polar surface area (TPSA) is 96.5 Å². The first-order valence-electron chi connectivity index (χ1n) is 9.89. The number of hydrogen-bond donors (Lipinski definition) is 2. The predicted molar refractivity (Wildman–Crippen MR) is 110 cm³/mol. The van der Waals surface area contributed by atoms with Gasteiger partial charge in [-0.3, -0.25) is 9.78 Å². The summed E-state index contributed by atoms with van der Waals surface area (Å²) >= 11 is 0. The van der Waals surface area contributed by atoms with Crippen LogP contribution in [0.5, 0.6) is 0 Å². The van der Waals surface area contributed by atoms with Crippen LogP contribution >= 0.6 is 0 Å². The van der Waals surface area contributed by atoms with Crippen molar-refractivity contribution in [3.63, 3.8) is 0 Å². The number of H-pyrrole nitrogens is 1. The number of nitrogens with zero attached hydrogens (tertiary/aromatic N) is 4.